The van der Waals surface area contributed by atoms with Crippen LogP contribution in [-0.2, 0) is 41.7 Å². The Kier molecular flexibility index (Phi) is 14.9. The average molecular weight is 812 g/mol. The maximum Gasteiger partial charge on any atom is 0.407 e. The van der Waals surface area contributed by atoms with Crippen molar-refractivity contribution in [1.29, 1.82) is 0 Å². The van der Waals surface area contributed by atoms with E-state index in [1.54, 1.807) is 27.7 Å². The van der Waals surface area contributed by atoms with Crippen LogP contribution in [-0.4, -0.2) is 92.2 Å². The van der Waals surface area contributed by atoms with Gasteiger partial charge in [-0.25, -0.2) is 9.59 Å². The molecule has 5 rings (SSSR count). The third-order valence-electron chi connectivity index (χ3n) is 10.8. The molecule has 2 aliphatic heterocycles. The molecule has 3 aromatic rings. The summed E-state index contributed by atoms with van der Waals surface area (Å²) in [6.07, 6.45) is 1.52. The maximum atomic E-state index is 13.4. The van der Waals surface area contributed by atoms with Crippen molar-refractivity contribution in [3.05, 3.63) is 90.0 Å². The zero-order chi connectivity index (χ0) is 42.7. The third kappa shape index (κ3) is 11.5. The van der Waals surface area contributed by atoms with Gasteiger partial charge in [-0.3, -0.25) is 24.5 Å². The van der Waals surface area contributed by atoms with Crippen LogP contribution in [0.3, 0.4) is 0 Å². The van der Waals surface area contributed by atoms with Crippen molar-refractivity contribution in [2.75, 3.05) is 42.4 Å². The Labute approximate surface area is 346 Å². The number of amides is 6. The van der Waals surface area contributed by atoms with Crippen LogP contribution < -0.4 is 31.1 Å². The molecule has 2 saturated heterocycles. The lowest BCUT2D eigenvalue weighted by molar-refractivity contribution is -0.138. The SMILES string of the molecule is CC[C@H](NC(=O)OC)C(=O)N1CCC[C@H]1C(=O)Nc1ccc(CN(Cc2ccc(N3CCC[C@H]3C(=O)NC(=O)[C@@H](NC(=O)OC)C(C)(C)C)cc2)c2ccccc2)cc1. The molecular weight excluding hydrogens is 755 g/mol. The summed E-state index contributed by atoms with van der Waals surface area (Å²) in [5, 5.41) is 10.6. The van der Waals surface area contributed by atoms with Gasteiger partial charge in [0, 0.05) is 43.2 Å². The zero-order valence-corrected chi connectivity index (χ0v) is 34.8. The molecule has 0 aliphatic carbocycles. The van der Waals surface area contributed by atoms with Gasteiger partial charge in [-0.1, -0.05) is 70.2 Å². The largest absolute Gasteiger partial charge is 0.453 e. The van der Waals surface area contributed by atoms with Crippen molar-refractivity contribution in [1.82, 2.24) is 20.9 Å². The normalized spacial score (nSPS) is 17.3. The Bertz CT molecular complexity index is 1930. The quantitative estimate of drug-likeness (QED) is 0.166. The number of rotatable bonds is 14. The van der Waals surface area contributed by atoms with Crippen molar-refractivity contribution in [2.24, 2.45) is 5.41 Å². The second-order valence-corrected chi connectivity index (χ2v) is 16.0. The molecule has 4 N–H and O–H groups in total. The van der Waals surface area contributed by atoms with E-state index in [0.29, 0.717) is 57.5 Å². The zero-order valence-electron chi connectivity index (χ0n) is 34.8. The fourth-order valence-corrected chi connectivity index (χ4v) is 7.55. The van der Waals surface area contributed by atoms with Crippen LogP contribution in [0.25, 0.3) is 0 Å². The highest BCUT2D eigenvalue weighted by atomic mass is 16.5. The van der Waals surface area contributed by atoms with E-state index in [1.807, 2.05) is 71.6 Å². The van der Waals surface area contributed by atoms with Crippen LogP contribution in [0.5, 0.6) is 0 Å². The summed E-state index contributed by atoms with van der Waals surface area (Å²) in [7, 11) is 2.46. The molecule has 0 unspecified atom stereocenters. The molecule has 2 fully saturated rings. The van der Waals surface area contributed by atoms with Gasteiger partial charge in [0.1, 0.15) is 24.2 Å². The number of carbonyl (C=O) groups excluding carboxylic acids is 6. The van der Waals surface area contributed by atoms with E-state index in [1.165, 1.54) is 19.1 Å². The molecule has 0 aromatic heterocycles. The number of hydrogen-bond donors (Lipinski definition) is 4. The van der Waals surface area contributed by atoms with Crippen LogP contribution in [0.1, 0.15) is 70.9 Å². The summed E-state index contributed by atoms with van der Waals surface area (Å²) in [6.45, 7) is 9.46. The number of alkyl carbamates (subject to hydrolysis) is 2. The first-order valence-electron chi connectivity index (χ1n) is 20.1. The van der Waals surface area contributed by atoms with Crippen LogP contribution in [0.2, 0.25) is 0 Å². The monoisotopic (exact) mass is 811 g/mol. The van der Waals surface area contributed by atoms with Crippen molar-refractivity contribution in [3.63, 3.8) is 0 Å². The Hall–Kier alpha value is -6.12. The Morgan fingerprint density at radius 3 is 1.92 bits per heavy atom. The van der Waals surface area contributed by atoms with Crippen molar-refractivity contribution in [2.45, 2.75) is 97.1 Å². The van der Waals surface area contributed by atoms with E-state index in [2.05, 4.69) is 43.0 Å². The number of nitrogens with one attached hydrogen (secondary N) is 4. The number of methoxy groups -OCH3 is 2. The summed E-state index contributed by atoms with van der Waals surface area (Å²) in [5.41, 5.74) is 3.94. The smallest absolute Gasteiger partial charge is 0.407 e. The Morgan fingerprint density at radius 1 is 0.746 bits per heavy atom. The molecule has 0 spiro atoms. The van der Waals surface area contributed by atoms with Gasteiger partial charge in [0.2, 0.25) is 23.6 Å². The van der Waals surface area contributed by atoms with Crippen molar-refractivity contribution >= 4 is 52.9 Å². The summed E-state index contributed by atoms with van der Waals surface area (Å²) in [5.74, 6) is -1.58. The topological polar surface area (TPSA) is 179 Å². The van der Waals surface area contributed by atoms with Gasteiger partial charge in [-0.05, 0) is 85.0 Å². The highest BCUT2D eigenvalue weighted by Gasteiger charge is 2.39. The first kappa shape index (κ1) is 44.0. The summed E-state index contributed by atoms with van der Waals surface area (Å²) >= 11 is 0. The average Bonchev–Trinajstić information content (AvgIpc) is 3.93. The predicted molar refractivity (Wildman–Crippen MR) is 224 cm³/mol. The minimum absolute atomic E-state index is 0.276. The van der Waals surface area contributed by atoms with E-state index in [-0.39, 0.29) is 11.8 Å². The molecule has 3 aromatic carbocycles. The van der Waals surface area contributed by atoms with Crippen LogP contribution in [0.4, 0.5) is 26.7 Å². The minimum Gasteiger partial charge on any atom is -0.453 e. The van der Waals surface area contributed by atoms with E-state index in [4.69, 9.17) is 4.74 Å². The highest BCUT2D eigenvalue weighted by Crippen LogP contribution is 2.29. The van der Waals surface area contributed by atoms with Crippen LogP contribution in [0, 0.1) is 5.41 Å². The fourth-order valence-electron chi connectivity index (χ4n) is 7.55. The Balaban J connectivity index is 1.22. The van der Waals surface area contributed by atoms with Gasteiger partial charge in [-0.15, -0.1) is 0 Å². The molecule has 59 heavy (non-hydrogen) atoms. The number of nitrogens with zero attached hydrogens (tertiary/aromatic N) is 3. The van der Waals surface area contributed by atoms with E-state index >= 15 is 0 Å². The van der Waals surface area contributed by atoms with Crippen molar-refractivity contribution in [3.8, 4) is 0 Å². The fraction of sp³-hybridized carbons (Fsp3) is 0.455. The lowest BCUT2D eigenvalue weighted by Crippen LogP contribution is -2.57. The standard InChI is InChI=1S/C44H57N7O8/c1-7-34(46-42(56)58-5)41(55)51-26-12-16-36(51)38(52)45-31-21-17-29(18-22-31)27-49(32-13-9-8-10-14-32)28-30-19-23-33(24-20-30)50-25-11-15-35(50)39(53)48-40(54)37(44(2,3)4)47-43(57)59-6/h8-10,13-14,17-24,34-37H,7,11-12,15-16,25-28H2,1-6H3,(H,45,52)(H,46,56)(H,47,57)(H,48,53,54)/t34-,35-,36-,37+/m0/s1. The lowest BCUT2D eigenvalue weighted by Gasteiger charge is -2.31. The van der Waals surface area contributed by atoms with Gasteiger partial charge in [0.25, 0.3) is 0 Å². The molecule has 0 saturated carbocycles. The van der Waals surface area contributed by atoms with Crippen molar-refractivity contribution < 1.29 is 38.2 Å². The molecule has 2 aliphatic rings. The number of likely N-dealkylation sites (tertiary alicyclic amines) is 1. The molecule has 316 valence electrons. The lowest BCUT2D eigenvalue weighted by atomic mass is 9.86. The van der Waals surface area contributed by atoms with Gasteiger partial charge >= 0.3 is 12.2 Å². The van der Waals surface area contributed by atoms with Crippen LogP contribution in [0.15, 0.2) is 78.9 Å². The van der Waals surface area contributed by atoms with Gasteiger partial charge in [0.05, 0.1) is 14.2 Å². The number of ether oxygens (including phenoxy) is 2. The molecular formula is C44H57N7O8. The summed E-state index contributed by atoms with van der Waals surface area (Å²) in [4.78, 5) is 82.8. The van der Waals surface area contributed by atoms with Gasteiger partial charge < -0.3 is 40.1 Å². The number of benzene rings is 3. The first-order valence-corrected chi connectivity index (χ1v) is 20.1. The molecule has 4 atom stereocenters. The van der Waals surface area contributed by atoms with E-state index in [0.717, 1.165) is 28.9 Å². The molecule has 6 amide bonds. The molecule has 0 radical (unpaired) electrons. The predicted octanol–water partition coefficient (Wildman–Crippen LogP) is 5.34. The summed E-state index contributed by atoms with van der Waals surface area (Å²) in [6, 6.07) is 22.9. The molecule has 15 nitrogen and oxygen atoms in total. The van der Waals surface area contributed by atoms with Gasteiger partial charge in [-0.2, -0.15) is 0 Å². The third-order valence-corrected chi connectivity index (χ3v) is 10.8. The Morgan fingerprint density at radius 2 is 1.32 bits per heavy atom. The second kappa shape index (κ2) is 20.0. The summed E-state index contributed by atoms with van der Waals surface area (Å²) < 4.78 is 9.36. The maximum absolute atomic E-state index is 13.4. The number of carbonyl (C=O) groups is 6. The number of anilines is 3. The number of hydrogen-bond acceptors (Lipinski definition) is 10. The van der Waals surface area contributed by atoms with E-state index in [9.17, 15) is 28.8 Å². The minimum atomic E-state index is -0.968. The number of para-hydroxylation sites is 1. The second-order valence-electron chi connectivity index (χ2n) is 16.0. The molecule has 15 heteroatoms. The first-order chi connectivity index (χ1) is 28.2. The van der Waals surface area contributed by atoms with Gasteiger partial charge in [0.15, 0.2) is 0 Å². The molecule has 0 bridgehead atoms. The number of imide groups is 1. The van der Waals surface area contributed by atoms with Crippen LogP contribution >= 0.6 is 0 Å². The van der Waals surface area contributed by atoms with E-state index < -0.39 is 53.6 Å². The molecule has 2 heterocycles. The highest BCUT2D eigenvalue weighted by molar-refractivity contribution is 6.02.